The Morgan fingerprint density at radius 3 is 2.67 bits per heavy atom. The second-order valence-electron chi connectivity index (χ2n) is 6.62. The predicted octanol–water partition coefficient (Wildman–Crippen LogP) is 3.87. The van der Waals surface area contributed by atoms with Gasteiger partial charge in [0.05, 0.1) is 12.0 Å². The van der Waals surface area contributed by atoms with E-state index in [1.165, 1.54) is 11.8 Å². The maximum atomic E-state index is 12.0. The summed E-state index contributed by atoms with van der Waals surface area (Å²) in [5, 5.41) is 5.84. The van der Waals surface area contributed by atoms with E-state index in [1.807, 2.05) is 32.0 Å². The van der Waals surface area contributed by atoms with Crippen molar-refractivity contribution in [2.75, 3.05) is 5.75 Å². The molecule has 0 aliphatic heterocycles. The van der Waals surface area contributed by atoms with Crippen molar-refractivity contribution in [3.8, 4) is 0 Å². The number of carbonyl (C=O) groups excluding carboxylic acids is 1. The first-order valence-corrected chi connectivity index (χ1v) is 9.79. The third-order valence-corrected chi connectivity index (χ3v) is 4.86. The molecule has 0 spiro atoms. The summed E-state index contributed by atoms with van der Waals surface area (Å²) >= 11 is 1.30. The van der Waals surface area contributed by atoms with Gasteiger partial charge in [0.25, 0.3) is 5.91 Å². The van der Waals surface area contributed by atoms with Gasteiger partial charge >= 0.3 is 0 Å². The van der Waals surface area contributed by atoms with Gasteiger partial charge in [-0.2, -0.15) is 5.10 Å². The van der Waals surface area contributed by atoms with Crippen molar-refractivity contribution in [1.29, 1.82) is 0 Å². The lowest BCUT2D eigenvalue weighted by atomic mass is 10.2. The lowest BCUT2D eigenvalue weighted by Crippen LogP contribution is -2.19. The van der Waals surface area contributed by atoms with E-state index in [4.69, 9.17) is 0 Å². The molecule has 2 aromatic heterocycles. The van der Waals surface area contributed by atoms with Crippen LogP contribution < -0.4 is 5.43 Å². The van der Waals surface area contributed by atoms with Gasteiger partial charge in [-0.3, -0.25) is 4.79 Å². The number of fused-ring (bicyclic) bond motifs is 1. The number of nitrogens with zero attached hydrogens (tertiary/aromatic N) is 4. The number of hydrogen-bond donors (Lipinski definition) is 1. The normalized spacial score (nSPS) is 11.6. The van der Waals surface area contributed by atoms with Crippen LogP contribution in [0.5, 0.6) is 0 Å². The van der Waals surface area contributed by atoms with E-state index in [0.717, 1.165) is 27.9 Å². The molecule has 0 atom stereocenters. The van der Waals surface area contributed by atoms with Gasteiger partial charge in [-0.1, -0.05) is 30.0 Å². The van der Waals surface area contributed by atoms with E-state index in [2.05, 4.69) is 57.2 Å². The van der Waals surface area contributed by atoms with Crippen molar-refractivity contribution in [2.45, 2.75) is 38.9 Å². The summed E-state index contributed by atoms with van der Waals surface area (Å²) in [7, 11) is 0. The number of nitrogens with one attached hydrogen (secondary N) is 1. The van der Waals surface area contributed by atoms with Crippen LogP contribution in [-0.2, 0) is 4.79 Å². The van der Waals surface area contributed by atoms with Crippen molar-refractivity contribution in [1.82, 2.24) is 20.0 Å². The maximum absolute atomic E-state index is 12.0. The van der Waals surface area contributed by atoms with Crippen LogP contribution in [-0.4, -0.2) is 32.4 Å². The van der Waals surface area contributed by atoms with Gasteiger partial charge in [0.1, 0.15) is 0 Å². The first-order valence-electron chi connectivity index (χ1n) is 8.80. The number of thioether (sulfide) groups is 1. The zero-order chi connectivity index (χ0) is 19.4. The average Bonchev–Trinajstić information content (AvgIpc) is 2.98. The highest BCUT2D eigenvalue weighted by atomic mass is 32.2. The number of para-hydroxylation sites is 1. The molecule has 1 amide bonds. The Morgan fingerprint density at radius 2 is 1.96 bits per heavy atom. The number of aryl methyl sites for hydroxylation is 2. The first-order chi connectivity index (χ1) is 12.9. The van der Waals surface area contributed by atoms with Crippen molar-refractivity contribution < 1.29 is 4.79 Å². The van der Waals surface area contributed by atoms with Crippen LogP contribution in [0.3, 0.4) is 0 Å². The predicted molar refractivity (Wildman–Crippen MR) is 110 cm³/mol. The smallest absolute Gasteiger partial charge is 0.250 e. The molecule has 140 valence electrons. The van der Waals surface area contributed by atoms with Gasteiger partial charge in [0.2, 0.25) is 0 Å². The van der Waals surface area contributed by atoms with Crippen LogP contribution in [0.15, 0.2) is 46.8 Å². The fraction of sp³-hybridized carbons (Fsp3) is 0.300. The lowest BCUT2D eigenvalue weighted by Gasteiger charge is -2.08. The number of amides is 1. The molecule has 0 fully saturated rings. The summed E-state index contributed by atoms with van der Waals surface area (Å²) < 4.78 is 2.20. The molecule has 0 bridgehead atoms. The number of aromatic nitrogens is 3. The molecule has 1 N–H and O–H groups in total. The SMILES string of the molecule is Cc1cc(C)nc(SCC(=O)N/N=C\c2cn(C(C)C)c3ccccc23)n1. The van der Waals surface area contributed by atoms with Crippen LogP contribution in [0.1, 0.15) is 36.8 Å². The highest BCUT2D eigenvalue weighted by Gasteiger charge is 2.09. The molecule has 6 nitrogen and oxygen atoms in total. The highest BCUT2D eigenvalue weighted by Crippen LogP contribution is 2.23. The Balaban J connectivity index is 1.63. The largest absolute Gasteiger partial charge is 0.344 e. The topological polar surface area (TPSA) is 72.2 Å². The molecule has 7 heteroatoms. The van der Waals surface area contributed by atoms with Crippen molar-refractivity contribution in [3.05, 3.63) is 53.5 Å². The van der Waals surface area contributed by atoms with Gasteiger partial charge in [-0.05, 0) is 39.8 Å². The van der Waals surface area contributed by atoms with Crippen LogP contribution in [0.4, 0.5) is 0 Å². The molecule has 0 radical (unpaired) electrons. The number of benzene rings is 1. The molecule has 3 rings (SSSR count). The molecular weight excluding hydrogens is 358 g/mol. The van der Waals surface area contributed by atoms with Crippen LogP contribution >= 0.6 is 11.8 Å². The number of hydrogen-bond acceptors (Lipinski definition) is 5. The molecule has 0 saturated heterocycles. The monoisotopic (exact) mass is 381 g/mol. The van der Waals surface area contributed by atoms with Gasteiger partial charge in [0.15, 0.2) is 5.16 Å². The number of rotatable bonds is 6. The standard InChI is InChI=1S/C20H23N5OS/c1-13(2)25-11-16(17-7-5-6-8-18(17)25)10-21-24-19(26)12-27-20-22-14(3)9-15(4)23-20/h5-11,13H,12H2,1-4H3,(H,24,26)/b21-10-. The van der Waals surface area contributed by atoms with Crippen molar-refractivity contribution in [3.63, 3.8) is 0 Å². The Labute approximate surface area is 163 Å². The molecule has 0 unspecified atom stereocenters. The second kappa shape index (κ2) is 8.35. The molecule has 1 aromatic carbocycles. The van der Waals surface area contributed by atoms with E-state index in [1.54, 1.807) is 6.21 Å². The summed E-state index contributed by atoms with van der Waals surface area (Å²) in [5.41, 5.74) is 6.50. The minimum atomic E-state index is -0.188. The van der Waals surface area contributed by atoms with E-state index < -0.39 is 0 Å². The summed E-state index contributed by atoms with van der Waals surface area (Å²) in [6.45, 7) is 8.11. The van der Waals surface area contributed by atoms with Crippen LogP contribution in [0.25, 0.3) is 10.9 Å². The quantitative estimate of drug-likeness (QED) is 0.304. The minimum absolute atomic E-state index is 0.188. The average molecular weight is 382 g/mol. The zero-order valence-electron chi connectivity index (χ0n) is 15.9. The summed E-state index contributed by atoms with van der Waals surface area (Å²) in [6, 6.07) is 10.4. The van der Waals surface area contributed by atoms with Crippen molar-refractivity contribution >= 4 is 34.8 Å². The lowest BCUT2D eigenvalue weighted by molar-refractivity contribution is -0.118. The van der Waals surface area contributed by atoms with Gasteiger partial charge in [-0.25, -0.2) is 15.4 Å². The highest BCUT2D eigenvalue weighted by molar-refractivity contribution is 7.99. The third kappa shape index (κ3) is 4.74. The van der Waals surface area contributed by atoms with Gasteiger partial charge in [0, 0.05) is 40.1 Å². The molecule has 2 heterocycles. The van der Waals surface area contributed by atoms with Crippen molar-refractivity contribution in [2.24, 2.45) is 5.10 Å². The summed E-state index contributed by atoms with van der Waals surface area (Å²) in [6.07, 6.45) is 3.75. The fourth-order valence-electron chi connectivity index (χ4n) is 2.86. The molecule has 0 aliphatic rings. The summed E-state index contributed by atoms with van der Waals surface area (Å²) in [5.74, 6) is 0.0279. The van der Waals surface area contributed by atoms with Gasteiger partial charge < -0.3 is 4.57 Å². The second-order valence-corrected chi connectivity index (χ2v) is 7.56. The molecule has 27 heavy (non-hydrogen) atoms. The number of carbonyl (C=O) groups is 1. The maximum Gasteiger partial charge on any atom is 0.250 e. The summed E-state index contributed by atoms with van der Waals surface area (Å²) in [4.78, 5) is 20.7. The Hall–Kier alpha value is -2.67. The first kappa shape index (κ1) is 19.1. The minimum Gasteiger partial charge on any atom is -0.344 e. The Morgan fingerprint density at radius 1 is 1.26 bits per heavy atom. The Kier molecular flexibility index (Phi) is 5.91. The van der Waals surface area contributed by atoms with E-state index >= 15 is 0 Å². The molecule has 3 aromatic rings. The fourth-order valence-corrected chi connectivity index (χ4v) is 3.60. The molecule has 0 aliphatic carbocycles. The van der Waals surface area contributed by atoms with E-state index in [-0.39, 0.29) is 11.7 Å². The number of hydrazone groups is 1. The van der Waals surface area contributed by atoms with E-state index in [9.17, 15) is 4.79 Å². The van der Waals surface area contributed by atoms with Crippen LogP contribution in [0, 0.1) is 13.8 Å². The van der Waals surface area contributed by atoms with E-state index in [0.29, 0.717) is 11.2 Å². The van der Waals surface area contributed by atoms with Gasteiger partial charge in [-0.15, -0.1) is 0 Å². The Bertz CT molecular complexity index is 973. The third-order valence-electron chi connectivity index (χ3n) is 4.01. The molecular formula is C20H23N5OS. The molecule has 0 saturated carbocycles. The zero-order valence-corrected chi connectivity index (χ0v) is 16.7. The van der Waals surface area contributed by atoms with Crippen LogP contribution in [0.2, 0.25) is 0 Å².